The maximum atomic E-state index is 13.1. The van der Waals surface area contributed by atoms with Gasteiger partial charge in [0.15, 0.2) is 17.5 Å². The molecule has 1 amide bonds. The van der Waals surface area contributed by atoms with Crippen LogP contribution in [-0.2, 0) is 0 Å². The Morgan fingerprint density at radius 2 is 1.65 bits per heavy atom. The lowest BCUT2D eigenvalue weighted by Crippen LogP contribution is -2.49. The molecule has 4 nitrogen and oxygen atoms in total. The molecule has 0 spiro atoms. The number of nitrogens with zero attached hydrogens (tertiary/aromatic N) is 2. The van der Waals surface area contributed by atoms with Crippen molar-refractivity contribution in [3.8, 4) is 0 Å². The number of rotatable bonds is 3. The summed E-state index contributed by atoms with van der Waals surface area (Å²) in [6.45, 7) is 3.53. The van der Waals surface area contributed by atoms with Crippen molar-refractivity contribution in [3.05, 3.63) is 35.1 Å². The summed E-state index contributed by atoms with van der Waals surface area (Å²) < 4.78 is 39.1. The van der Waals surface area contributed by atoms with Gasteiger partial charge in [-0.1, -0.05) is 0 Å². The van der Waals surface area contributed by atoms with Crippen LogP contribution in [-0.4, -0.2) is 55.0 Å². The maximum Gasteiger partial charge on any atom is 0.254 e. The fraction of sp³-hybridized carbons (Fsp3) is 0.462. The number of nitrogens with two attached hydrogens (primary N) is 1. The fourth-order valence-electron chi connectivity index (χ4n) is 2.22. The molecule has 0 bridgehead atoms. The Kier molecular flexibility index (Phi) is 4.61. The molecule has 0 saturated carbocycles. The van der Waals surface area contributed by atoms with E-state index >= 15 is 0 Å². The van der Waals surface area contributed by atoms with Crippen molar-refractivity contribution in [3.63, 3.8) is 0 Å². The number of halogens is 3. The van der Waals surface area contributed by atoms with Crippen LogP contribution in [0.1, 0.15) is 10.4 Å². The molecule has 0 atom stereocenters. The Morgan fingerprint density at radius 3 is 2.15 bits per heavy atom. The van der Waals surface area contributed by atoms with E-state index in [9.17, 15) is 18.0 Å². The summed E-state index contributed by atoms with van der Waals surface area (Å²) in [6.07, 6.45) is 0. The Labute approximate surface area is 114 Å². The van der Waals surface area contributed by atoms with Gasteiger partial charge in [-0.15, -0.1) is 0 Å². The van der Waals surface area contributed by atoms with Crippen molar-refractivity contribution >= 4 is 5.91 Å². The van der Waals surface area contributed by atoms with Gasteiger partial charge in [0.1, 0.15) is 0 Å². The second kappa shape index (κ2) is 6.23. The highest BCUT2D eigenvalue weighted by Gasteiger charge is 2.23. The molecule has 1 aromatic carbocycles. The van der Waals surface area contributed by atoms with Crippen LogP contribution in [0.4, 0.5) is 13.2 Å². The van der Waals surface area contributed by atoms with Crippen LogP contribution in [0.3, 0.4) is 0 Å². The van der Waals surface area contributed by atoms with Crippen LogP contribution in [0.5, 0.6) is 0 Å². The van der Waals surface area contributed by atoms with Crippen molar-refractivity contribution in [2.45, 2.75) is 0 Å². The molecule has 1 heterocycles. The maximum absolute atomic E-state index is 13.1. The summed E-state index contributed by atoms with van der Waals surface area (Å²) in [5.41, 5.74) is 5.28. The number of hydrogen-bond acceptors (Lipinski definition) is 3. The van der Waals surface area contributed by atoms with Crippen LogP contribution in [0.2, 0.25) is 0 Å². The zero-order chi connectivity index (χ0) is 14.7. The van der Waals surface area contributed by atoms with Gasteiger partial charge in [-0.2, -0.15) is 0 Å². The fourth-order valence-corrected chi connectivity index (χ4v) is 2.22. The van der Waals surface area contributed by atoms with Crippen LogP contribution in [0.15, 0.2) is 12.1 Å². The molecule has 0 unspecified atom stereocenters. The third kappa shape index (κ3) is 3.10. The van der Waals surface area contributed by atoms with E-state index in [1.807, 2.05) is 0 Å². The first-order chi connectivity index (χ1) is 9.52. The number of amides is 1. The summed E-state index contributed by atoms with van der Waals surface area (Å²) >= 11 is 0. The minimum absolute atomic E-state index is 0.173. The molecule has 110 valence electrons. The van der Waals surface area contributed by atoms with Crippen molar-refractivity contribution in [2.24, 2.45) is 5.73 Å². The molecule has 1 aromatic rings. The normalized spacial score (nSPS) is 16.5. The molecule has 20 heavy (non-hydrogen) atoms. The SMILES string of the molecule is NCCN1CCN(C(=O)c2cc(F)c(F)c(F)c2)CC1. The average molecular weight is 287 g/mol. The molecular formula is C13H16F3N3O. The van der Waals surface area contributed by atoms with Crippen molar-refractivity contribution in [1.29, 1.82) is 0 Å². The Hall–Kier alpha value is -1.60. The van der Waals surface area contributed by atoms with E-state index in [0.717, 1.165) is 18.7 Å². The summed E-state index contributed by atoms with van der Waals surface area (Å²) in [7, 11) is 0. The van der Waals surface area contributed by atoms with E-state index in [1.165, 1.54) is 4.90 Å². The molecular weight excluding hydrogens is 271 g/mol. The van der Waals surface area contributed by atoms with Gasteiger partial charge in [-0.25, -0.2) is 13.2 Å². The van der Waals surface area contributed by atoms with E-state index in [-0.39, 0.29) is 5.56 Å². The number of hydrogen-bond donors (Lipinski definition) is 1. The lowest BCUT2D eigenvalue weighted by molar-refractivity contribution is 0.0640. The quantitative estimate of drug-likeness (QED) is 0.837. The second-order valence-electron chi connectivity index (χ2n) is 4.68. The largest absolute Gasteiger partial charge is 0.336 e. The minimum Gasteiger partial charge on any atom is -0.336 e. The standard InChI is InChI=1S/C13H16F3N3O/c14-10-7-9(8-11(15)12(10)16)13(20)19-5-3-18(2-1-17)4-6-19/h7-8H,1-6,17H2. The summed E-state index contributed by atoms with van der Waals surface area (Å²) in [4.78, 5) is 15.7. The van der Waals surface area contributed by atoms with E-state index in [4.69, 9.17) is 5.73 Å². The zero-order valence-electron chi connectivity index (χ0n) is 10.9. The molecule has 2 N–H and O–H groups in total. The van der Waals surface area contributed by atoms with E-state index in [0.29, 0.717) is 32.7 Å². The van der Waals surface area contributed by atoms with Gasteiger partial charge in [0, 0.05) is 44.8 Å². The highest BCUT2D eigenvalue weighted by atomic mass is 19.2. The Balaban J connectivity index is 2.06. The van der Waals surface area contributed by atoms with Gasteiger partial charge in [0.2, 0.25) is 0 Å². The average Bonchev–Trinajstić information content (AvgIpc) is 2.44. The van der Waals surface area contributed by atoms with Crippen LogP contribution in [0.25, 0.3) is 0 Å². The number of carbonyl (C=O) groups is 1. The van der Waals surface area contributed by atoms with E-state index < -0.39 is 23.4 Å². The zero-order valence-corrected chi connectivity index (χ0v) is 10.9. The van der Waals surface area contributed by atoms with Gasteiger partial charge in [0.25, 0.3) is 5.91 Å². The molecule has 1 saturated heterocycles. The molecule has 0 radical (unpaired) electrons. The molecule has 1 fully saturated rings. The van der Waals surface area contributed by atoms with Crippen LogP contribution < -0.4 is 5.73 Å². The van der Waals surface area contributed by atoms with Gasteiger partial charge in [-0.3, -0.25) is 9.69 Å². The Bertz CT molecular complexity index is 479. The second-order valence-corrected chi connectivity index (χ2v) is 4.68. The monoisotopic (exact) mass is 287 g/mol. The molecule has 1 aliphatic heterocycles. The predicted molar refractivity (Wildman–Crippen MR) is 67.7 cm³/mol. The summed E-state index contributed by atoms with van der Waals surface area (Å²) in [5, 5.41) is 0. The number of benzene rings is 1. The highest BCUT2D eigenvalue weighted by Crippen LogP contribution is 2.16. The molecule has 0 aliphatic carbocycles. The van der Waals surface area contributed by atoms with E-state index in [2.05, 4.69) is 4.90 Å². The lowest BCUT2D eigenvalue weighted by Gasteiger charge is -2.34. The third-order valence-electron chi connectivity index (χ3n) is 3.34. The smallest absolute Gasteiger partial charge is 0.254 e. The Morgan fingerprint density at radius 1 is 1.10 bits per heavy atom. The molecule has 2 rings (SSSR count). The minimum atomic E-state index is -1.56. The van der Waals surface area contributed by atoms with E-state index in [1.54, 1.807) is 0 Å². The first-order valence-corrected chi connectivity index (χ1v) is 6.39. The van der Waals surface area contributed by atoms with Crippen LogP contribution >= 0.6 is 0 Å². The summed E-state index contributed by atoms with van der Waals surface area (Å²) in [5.74, 6) is -4.75. The predicted octanol–water partition coefficient (Wildman–Crippen LogP) is 0.820. The molecule has 7 heteroatoms. The van der Waals surface area contributed by atoms with Crippen molar-refractivity contribution in [1.82, 2.24) is 9.80 Å². The first kappa shape index (κ1) is 14.8. The highest BCUT2D eigenvalue weighted by molar-refractivity contribution is 5.94. The van der Waals surface area contributed by atoms with Crippen LogP contribution in [0, 0.1) is 17.5 Å². The molecule has 1 aliphatic rings. The number of carbonyl (C=O) groups excluding carboxylic acids is 1. The topological polar surface area (TPSA) is 49.6 Å². The lowest BCUT2D eigenvalue weighted by atomic mass is 10.1. The van der Waals surface area contributed by atoms with Gasteiger partial charge >= 0.3 is 0 Å². The van der Waals surface area contributed by atoms with Crippen molar-refractivity contribution in [2.75, 3.05) is 39.3 Å². The van der Waals surface area contributed by atoms with Crippen molar-refractivity contribution < 1.29 is 18.0 Å². The molecule has 0 aromatic heterocycles. The number of piperazine rings is 1. The first-order valence-electron chi connectivity index (χ1n) is 6.39. The third-order valence-corrected chi connectivity index (χ3v) is 3.34. The summed E-state index contributed by atoms with van der Waals surface area (Å²) in [6, 6.07) is 1.46. The van der Waals surface area contributed by atoms with Gasteiger partial charge in [-0.05, 0) is 12.1 Å². The van der Waals surface area contributed by atoms with Gasteiger partial charge in [0.05, 0.1) is 0 Å². The van der Waals surface area contributed by atoms with Gasteiger partial charge < -0.3 is 10.6 Å².